The highest BCUT2D eigenvalue weighted by Gasteiger charge is 2.65. The molecule has 0 saturated carbocycles. The first kappa shape index (κ1) is 20.4. The predicted octanol–water partition coefficient (Wildman–Crippen LogP) is 3.82. The van der Waals surface area contributed by atoms with Crippen LogP contribution in [0.5, 0.6) is 5.75 Å². The highest BCUT2D eigenvalue weighted by atomic mass is 19.1. The zero-order valence-electron chi connectivity index (χ0n) is 17.9. The van der Waals surface area contributed by atoms with Crippen molar-refractivity contribution in [3.8, 4) is 5.75 Å². The third-order valence-electron chi connectivity index (χ3n) is 6.70. The van der Waals surface area contributed by atoms with Gasteiger partial charge in [-0.25, -0.2) is 14.1 Å². The normalized spacial score (nSPS) is 24.6. The smallest absolute Gasteiger partial charge is 0.335 e. The van der Waals surface area contributed by atoms with Crippen LogP contribution in [0.1, 0.15) is 5.56 Å². The fraction of sp³-hybridized carbons (Fsp3) is 0.148. The van der Waals surface area contributed by atoms with E-state index in [2.05, 4.69) is 0 Å². The molecule has 3 aliphatic heterocycles. The second kappa shape index (κ2) is 7.66. The fourth-order valence-electron chi connectivity index (χ4n) is 5.29. The van der Waals surface area contributed by atoms with Crippen LogP contribution >= 0.6 is 0 Å². The lowest BCUT2D eigenvalue weighted by Crippen LogP contribution is -2.50. The Morgan fingerprint density at radius 2 is 1.50 bits per heavy atom. The molecule has 6 nitrogen and oxygen atoms in total. The quantitative estimate of drug-likeness (QED) is 0.342. The Kier molecular flexibility index (Phi) is 4.58. The van der Waals surface area contributed by atoms with Crippen molar-refractivity contribution in [3.05, 3.63) is 96.3 Å². The van der Waals surface area contributed by atoms with E-state index in [1.165, 1.54) is 24.3 Å². The van der Waals surface area contributed by atoms with Crippen molar-refractivity contribution < 1.29 is 23.5 Å². The summed E-state index contributed by atoms with van der Waals surface area (Å²) < 4.78 is 19.1. The Morgan fingerprint density at radius 3 is 2.26 bits per heavy atom. The van der Waals surface area contributed by atoms with Crippen LogP contribution in [0.2, 0.25) is 0 Å². The van der Waals surface area contributed by atoms with E-state index < -0.39 is 47.5 Å². The molecule has 2 fully saturated rings. The number of anilines is 2. The van der Waals surface area contributed by atoms with E-state index in [1.807, 2.05) is 47.4 Å². The van der Waals surface area contributed by atoms with Crippen molar-refractivity contribution in [2.24, 2.45) is 11.8 Å². The molecule has 4 atom stereocenters. The Labute approximate surface area is 194 Å². The molecule has 3 aliphatic rings. The number of carbonyl (C=O) groups excluding carboxylic acids is 3. The maximum Gasteiger partial charge on any atom is 0.335 e. The molecule has 0 radical (unpaired) electrons. The topological polar surface area (TPSA) is 66.9 Å². The number of para-hydroxylation sites is 2. The van der Waals surface area contributed by atoms with Gasteiger partial charge in [0.25, 0.3) is 0 Å². The van der Waals surface area contributed by atoms with Crippen molar-refractivity contribution >= 4 is 35.2 Å². The first-order valence-corrected chi connectivity index (χ1v) is 11.0. The van der Waals surface area contributed by atoms with Gasteiger partial charge in [0.2, 0.25) is 11.8 Å². The number of imide groups is 1. The summed E-state index contributed by atoms with van der Waals surface area (Å²) in [4.78, 5) is 43.7. The van der Waals surface area contributed by atoms with E-state index in [1.54, 1.807) is 24.3 Å². The standard InChI is InChI=1S/C27H19FN2O4/c28-17-11-13-18(14-12-17)29-25(31)22-21-15-10-16-6-4-5-9-20(16)30(21)24(23(22)26(29)32)27(33)34-19-7-2-1-3-8-19/h1-15,21-24H/t21-,22+,23-,24+/m1/s1. The Balaban J connectivity index is 1.44. The number of hydrogen-bond acceptors (Lipinski definition) is 5. The number of carbonyl (C=O) groups is 3. The molecule has 7 heteroatoms. The van der Waals surface area contributed by atoms with Crippen molar-refractivity contribution in [1.82, 2.24) is 0 Å². The number of esters is 1. The molecule has 3 aromatic rings. The van der Waals surface area contributed by atoms with E-state index in [-0.39, 0.29) is 5.69 Å². The molecule has 168 valence electrons. The van der Waals surface area contributed by atoms with E-state index in [0.29, 0.717) is 5.75 Å². The van der Waals surface area contributed by atoms with Crippen LogP contribution in [0.25, 0.3) is 6.08 Å². The van der Waals surface area contributed by atoms with Crippen molar-refractivity contribution in [3.63, 3.8) is 0 Å². The molecular weight excluding hydrogens is 435 g/mol. The second-order valence-electron chi connectivity index (χ2n) is 8.53. The van der Waals surface area contributed by atoms with Crippen molar-refractivity contribution in [2.75, 3.05) is 9.80 Å². The largest absolute Gasteiger partial charge is 0.425 e. The van der Waals surface area contributed by atoms with Crippen LogP contribution in [-0.4, -0.2) is 29.9 Å². The summed E-state index contributed by atoms with van der Waals surface area (Å²) >= 11 is 0. The molecule has 0 unspecified atom stereocenters. The van der Waals surface area contributed by atoms with Gasteiger partial charge in [0.05, 0.1) is 23.6 Å². The third kappa shape index (κ3) is 2.97. The summed E-state index contributed by atoms with van der Waals surface area (Å²) in [6.45, 7) is 0. The number of amides is 2. The van der Waals surface area contributed by atoms with Gasteiger partial charge in [0.15, 0.2) is 0 Å². The Bertz CT molecular complexity index is 1340. The monoisotopic (exact) mass is 454 g/mol. The van der Waals surface area contributed by atoms with E-state index in [0.717, 1.165) is 16.2 Å². The lowest BCUT2D eigenvalue weighted by atomic mass is 9.89. The molecule has 34 heavy (non-hydrogen) atoms. The maximum absolute atomic E-state index is 13.7. The molecule has 0 aliphatic carbocycles. The number of hydrogen-bond donors (Lipinski definition) is 0. The van der Waals surface area contributed by atoms with E-state index in [4.69, 9.17) is 4.74 Å². The van der Waals surface area contributed by atoms with Gasteiger partial charge in [0, 0.05) is 5.69 Å². The highest BCUT2D eigenvalue weighted by molar-refractivity contribution is 6.24. The average molecular weight is 454 g/mol. The minimum atomic E-state index is -0.997. The predicted molar refractivity (Wildman–Crippen MR) is 123 cm³/mol. The van der Waals surface area contributed by atoms with Gasteiger partial charge in [-0.05, 0) is 48.0 Å². The zero-order valence-corrected chi connectivity index (χ0v) is 17.9. The molecular formula is C27H19FN2O4. The summed E-state index contributed by atoms with van der Waals surface area (Å²) in [5.74, 6) is -3.31. The number of nitrogens with zero attached hydrogens (tertiary/aromatic N) is 2. The molecule has 0 N–H and O–H groups in total. The van der Waals surface area contributed by atoms with Crippen molar-refractivity contribution in [1.29, 1.82) is 0 Å². The molecule has 6 rings (SSSR count). The van der Waals surface area contributed by atoms with Crippen molar-refractivity contribution in [2.45, 2.75) is 12.1 Å². The molecule has 0 spiro atoms. The summed E-state index contributed by atoms with van der Waals surface area (Å²) in [6.07, 6.45) is 3.78. The number of fused-ring (bicyclic) bond motifs is 5. The Morgan fingerprint density at radius 1 is 0.824 bits per heavy atom. The van der Waals surface area contributed by atoms with Gasteiger partial charge in [-0.2, -0.15) is 0 Å². The highest BCUT2D eigenvalue weighted by Crippen LogP contribution is 2.49. The minimum absolute atomic E-state index is 0.285. The SMILES string of the molecule is O=C(Oc1ccccc1)[C@@H]1[C@@H]2C(=O)N(c3ccc(F)cc3)C(=O)[C@H]2[C@H]2C=Cc3ccccc3N21. The third-order valence-corrected chi connectivity index (χ3v) is 6.70. The number of benzene rings is 3. The van der Waals surface area contributed by atoms with Crippen LogP contribution in [0.4, 0.5) is 15.8 Å². The van der Waals surface area contributed by atoms with E-state index in [9.17, 15) is 18.8 Å². The summed E-state index contributed by atoms with van der Waals surface area (Å²) in [7, 11) is 0. The first-order chi connectivity index (χ1) is 16.5. The van der Waals surface area contributed by atoms with Crippen LogP contribution in [-0.2, 0) is 14.4 Å². The molecule has 0 aromatic heterocycles. The minimum Gasteiger partial charge on any atom is -0.425 e. The number of ether oxygens (including phenoxy) is 1. The lowest BCUT2D eigenvalue weighted by Gasteiger charge is -2.36. The molecule has 2 saturated heterocycles. The van der Waals surface area contributed by atoms with Gasteiger partial charge < -0.3 is 9.64 Å². The van der Waals surface area contributed by atoms with Gasteiger partial charge in [-0.3, -0.25) is 9.59 Å². The molecule has 3 heterocycles. The maximum atomic E-state index is 13.7. The summed E-state index contributed by atoms with van der Waals surface area (Å²) in [5.41, 5.74) is 1.95. The average Bonchev–Trinajstić information content (AvgIpc) is 3.33. The van der Waals surface area contributed by atoms with Gasteiger partial charge in [0.1, 0.15) is 17.6 Å². The second-order valence-corrected chi connectivity index (χ2v) is 8.53. The van der Waals surface area contributed by atoms with Crippen LogP contribution in [0, 0.1) is 17.7 Å². The first-order valence-electron chi connectivity index (χ1n) is 11.0. The fourth-order valence-corrected chi connectivity index (χ4v) is 5.29. The number of halogens is 1. The molecule has 3 aromatic carbocycles. The summed E-state index contributed by atoms with van der Waals surface area (Å²) in [5, 5.41) is 0. The van der Waals surface area contributed by atoms with Crippen LogP contribution in [0.3, 0.4) is 0 Å². The summed E-state index contributed by atoms with van der Waals surface area (Å²) in [6, 6.07) is 19.9. The zero-order chi connectivity index (χ0) is 23.4. The van der Waals surface area contributed by atoms with Gasteiger partial charge in [-0.1, -0.05) is 48.6 Å². The van der Waals surface area contributed by atoms with Gasteiger partial charge >= 0.3 is 5.97 Å². The van der Waals surface area contributed by atoms with Crippen LogP contribution < -0.4 is 14.5 Å². The Hall–Kier alpha value is -4.26. The van der Waals surface area contributed by atoms with Gasteiger partial charge in [-0.15, -0.1) is 0 Å². The molecule has 0 bridgehead atoms. The number of rotatable bonds is 3. The molecule has 2 amide bonds. The lowest BCUT2D eigenvalue weighted by molar-refractivity contribution is -0.139. The van der Waals surface area contributed by atoms with E-state index >= 15 is 0 Å². The van der Waals surface area contributed by atoms with Crippen LogP contribution in [0.15, 0.2) is 84.9 Å².